The van der Waals surface area contributed by atoms with E-state index >= 15 is 0 Å². The lowest BCUT2D eigenvalue weighted by molar-refractivity contribution is -0.141. The fourth-order valence-electron chi connectivity index (χ4n) is 3.70. The molecular formula is C22H25F4N3O4S. The summed E-state index contributed by atoms with van der Waals surface area (Å²) in [6.45, 7) is 1.28. The van der Waals surface area contributed by atoms with E-state index in [1.54, 1.807) is 0 Å². The number of pyridine rings is 1. The number of anilines is 1. The van der Waals surface area contributed by atoms with Gasteiger partial charge in [0.2, 0.25) is 21.8 Å². The SMILES string of the molecule is CC(C(=O)NCc1ccc(C(F)(F)F)nc1OC1CCCC1)c1cccc(F)c1NS(C)(=O)=O. The van der Waals surface area contributed by atoms with Gasteiger partial charge in [0, 0.05) is 12.1 Å². The van der Waals surface area contributed by atoms with Crippen LogP contribution >= 0.6 is 0 Å². The van der Waals surface area contributed by atoms with Gasteiger partial charge in [-0.1, -0.05) is 12.1 Å². The monoisotopic (exact) mass is 503 g/mol. The zero-order valence-electron chi connectivity index (χ0n) is 18.6. The van der Waals surface area contributed by atoms with Crippen molar-refractivity contribution < 1.29 is 35.5 Å². The lowest BCUT2D eigenvalue weighted by Gasteiger charge is -2.19. The topological polar surface area (TPSA) is 97.4 Å². The number of nitrogens with zero attached hydrogens (tertiary/aromatic N) is 1. The molecule has 34 heavy (non-hydrogen) atoms. The number of ether oxygens (including phenoxy) is 1. The Hall–Kier alpha value is -2.89. The summed E-state index contributed by atoms with van der Waals surface area (Å²) in [6, 6.07) is 5.82. The Morgan fingerprint density at radius 1 is 1.21 bits per heavy atom. The number of para-hydroxylation sites is 1. The summed E-state index contributed by atoms with van der Waals surface area (Å²) in [5, 5.41) is 2.59. The maximum Gasteiger partial charge on any atom is 0.433 e. The van der Waals surface area contributed by atoms with Crippen molar-refractivity contribution in [2.45, 2.75) is 57.3 Å². The summed E-state index contributed by atoms with van der Waals surface area (Å²) < 4.78 is 84.7. The van der Waals surface area contributed by atoms with Gasteiger partial charge in [0.15, 0.2) is 0 Å². The van der Waals surface area contributed by atoms with Gasteiger partial charge in [-0.05, 0) is 56.4 Å². The van der Waals surface area contributed by atoms with E-state index in [4.69, 9.17) is 4.74 Å². The number of amides is 1. The van der Waals surface area contributed by atoms with Gasteiger partial charge in [-0.2, -0.15) is 13.2 Å². The van der Waals surface area contributed by atoms with Crippen LogP contribution in [0.3, 0.4) is 0 Å². The highest BCUT2D eigenvalue weighted by Gasteiger charge is 2.34. The van der Waals surface area contributed by atoms with Crippen LogP contribution in [0.4, 0.5) is 23.2 Å². The molecule has 1 fully saturated rings. The number of carbonyl (C=O) groups excluding carboxylic acids is 1. The van der Waals surface area contributed by atoms with Crippen LogP contribution in [0.5, 0.6) is 5.88 Å². The van der Waals surface area contributed by atoms with Crippen LogP contribution in [0.15, 0.2) is 30.3 Å². The smallest absolute Gasteiger partial charge is 0.433 e. The Morgan fingerprint density at radius 2 is 1.88 bits per heavy atom. The quantitative estimate of drug-likeness (QED) is 0.522. The molecule has 0 saturated heterocycles. The first-order valence-corrected chi connectivity index (χ1v) is 12.5. The molecule has 0 bridgehead atoms. The van der Waals surface area contributed by atoms with Crippen molar-refractivity contribution in [3.63, 3.8) is 0 Å². The zero-order valence-corrected chi connectivity index (χ0v) is 19.4. The van der Waals surface area contributed by atoms with Crippen LogP contribution in [0.1, 0.15) is 55.3 Å². The van der Waals surface area contributed by atoms with Gasteiger partial charge >= 0.3 is 6.18 Å². The zero-order chi connectivity index (χ0) is 25.1. The first-order valence-electron chi connectivity index (χ1n) is 10.6. The Kier molecular flexibility index (Phi) is 7.69. The molecule has 12 heteroatoms. The second-order valence-corrected chi connectivity index (χ2v) is 9.95. The Balaban J connectivity index is 1.79. The van der Waals surface area contributed by atoms with E-state index in [-0.39, 0.29) is 35.3 Å². The van der Waals surface area contributed by atoms with E-state index < -0.39 is 39.5 Å². The van der Waals surface area contributed by atoms with Crippen molar-refractivity contribution in [3.8, 4) is 5.88 Å². The van der Waals surface area contributed by atoms with Crippen LogP contribution in [0, 0.1) is 5.82 Å². The number of benzene rings is 1. The lowest BCUT2D eigenvalue weighted by atomic mass is 9.98. The molecule has 3 rings (SSSR count). The van der Waals surface area contributed by atoms with Crippen LogP contribution < -0.4 is 14.8 Å². The second-order valence-electron chi connectivity index (χ2n) is 8.20. The molecule has 1 aliphatic rings. The third-order valence-electron chi connectivity index (χ3n) is 5.46. The van der Waals surface area contributed by atoms with Gasteiger partial charge in [-0.25, -0.2) is 17.8 Å². The fourth-order valence-corrected chi connectivity index (χ4v) is 4.29. The molecule has 0 spiro atoms. The molecule has 1 atom stereocenters. The molecule has 7 nitrogen and oxygen atoms in total. The number of alkyl halides is 3. The molecule has 1 aromatic heterocycles. The molecule has 1 unspecified atom stereocenters. The molecule has 1 amide bonds. The molecule has 0 radical (unpaired) electrons. The molecular weight excluding hydrogens is 478 g/mol. The Morgan fingerprint density at radius 3 is 2.50 bits per heavy atom. The van der Waals surface area contributed by atoms with E-state index in [0.29, 0.717) is 12.8 Å². The van der Waals surface area contributed by atoms with E-state index in [2.05, 4.69) is 15.0 Å². The standard InChI is InChI=1S/C22H25F4N3O4S/c1-13(16-8-5-9-17(23)19(16)29-34(2,31)32)20(30)27-12-14-10-11-18(22(24,25)26)28-21(14)33-15-6-3-4-7-15/h5,8-11,13,15,29H,3-4,6-7,12H2,1-2H3,(H,27,30). The molecule has 2 aromatic rings. The van der Waals surface area contributed by atoms with Gasteiger partial charge in [-0.15, -0.1) is 0 Å². The largest absolute Gasteiger partial charge is 0.474 e. The van der Waals surface area contributed by atoms with Crippen LogP contribution in [-0.2, 0) is 27.5 Å². The van der Waals surface area contributed by atoms with Crippen molar-refractivity contribution in [2.24, 2.45) is 0 Å². The summed E-state index contributed by atoms with van der Waals surface area (Å²) in [5.74, 6) is -2.60. The molecule has 1 aromatic carbocycles. The summed E-state index contributed by atoms with van der Waals surface area (Å²) in [5.41, 5.74) is -1.07. The molecule has 2 N–H and O–H groups in total. The van der Waals surface area contributed by atoms with Crippen molar-refractivity contribution in [3.05, 3.63) is 53.0 Å². The van der Waals surface area contributed by atoms with Crippen molar-refractivity contribution in [2.75, 3.05) is 11.0 Å². The molecule has 1 saturated carbocycles. The third-order valence-corrected chi connectivity index (χ3v) is 6.03. The maximum atomic E-state index is 14.3. The normalized spacial score (nSPS) is 15.7. The number of hydrogen-bond donors (Lipinski definition) is 2. The van der Waals surface area contributed by atoms with E-state index in [1.165, 1.54) is 25.1 Å². The van der Waals surface area contributed by atoms with E-state index in [1.807, 2.05) is 0 Å². The van der Waals surface area contributed by atoms with Crippen molar-refractivity contribution in [1.29, 1.82) is 0 Å². The molecule has 186 valence electrons. The average molecular weight is 504 g/mol. The number of carbonyl (C=O) groups is 1. The minimum atomic E-state index is -4.65. The van der Waals surface area contributed by atoms with Crippen LogP contribution in [0.2, 0.25) is 0 Å². The number of rotatable bonds is 8. The number of hydrogen-bond acceptors (Lipinski definition) is 5. The maximum absolute atomic E-state index is 14.3. The Bertz CT molecular complexity index is 1150. The Labute approximate surface area is 195 Å². The van der Waals surface area contributed by atoms with Gasteiger partial charge in [-0.3, -0.25) is 9.52 Å². The van der Waals surface area contributed by atoms with E-state index in [9.17, 15) is 30.8 Å². The number of nitrogens with one attached hydrogen (secondary N) is 2. The van der Waals surface area contributed by atoms with Crippen LogP contribution in [-0.4, -0.2) is 31.7 Å². The fraction of sp³-hybridized carbons (Fsp3) is 0.455. The first kappa shape index (κ1) is 25.7. The van der Waals surface area contributed by atoms with Crippen LogP contribution in [0.25, 0.3) is 0 Å². The average Bonchev–Trinajstić information content (AvgIpc) is 3.25. The highest BCUT2D eigenvalue weighted by molar-refractivity contribution is 7.92. The predicted octanol–water partition coefficient (Wildman–Crippen LogP) is 4.35. The first-order chi connectivity index (χ1) is 15.8. The van der Waals surface area contributed by atoms with Gasteiger partial charge < -0.3 is 10.1 Å². The molecule has 1 heterocycles. The summed E-state index contributed by atoms with van der Waals surface area (Å²) in [7, 11) is -3.81. The second kappa shape index (κ2) is 10.2. The van der Waals surface area contributed by atoms with Crippen molar-refractivity contribution >= 4 is 21.6 Å². The number of sulfonamides is 1. The predicted molar refractivity (Wildman–Crippen MR) is 117 cm³/mol. The highest BCUT2D eigenvalue weighted by Crippen LogP contribution is 2.32. The third kappa shape index (κ3) is 6.58. The minimum absolute atomic E-state index is 0.107. The van der Waals surface area contributed by atoms with Gasteiger partial charge in [0.25, 0.3) is 0 Å². The number of halogens is 4. The van der Waals surface area contributed by atoms with Gasteiger partial charge in [0.1, 0.15) is 17.6 Å². The van der Waals surface area contributed by atoms with Crippen molar-refractivity contribution in [1.82, 2.24) is 10.3 Å². The summed E-state index contributed by atoms with van der Waals surface area (Å²) >= 11 is 0. The number of aromatic nitrogens is 1. The lowest BCUT2D eigenvalue weighted by Crippen LogP contribution is -2.29. The molecule has 0 aliphatic heterocycles. The summed E-state index contributed by atoms with van der Waals surface area (Å²) in [6.07, 6.45) is -0.814. The minimum Gasteiger partial charge on any atom is -0.474 e. The van der Waals surface area contributed by atoms with E-state index in [0.717, 1.165) is 31.2 Å². The van der Waals surface area contributed by atoms with Gasteiger partial charge in [0.05, 0.1) is 17.9 Å². The highest BCUT2D eigenvalue weighted by atomic mass is 32.2. The molecule has 1 aliphatic carbocycles. The summed E-state index contributed by atoms with van der Waals surface area (Å²) in [4.78, 5) is 16.4.